The molecule has 0 aromatic heterocycles. The minimum Gasteiger partial charge on any atom is -0.377 e. The van der Waals surface area contributed by atoms with E-state index in [1.807, 2.05) is 45.0 Å². The van der Waals surface area contributed by atoms with Crippen molar-refractivity contribution in [3.05, 3.63) is 35.4 Å². The average Bonchev–Trinajstić information content (AvgIpc) is 2.50. The molecule has 1 rings (SSSR count). The summed E-state index contributed by atoms with van der Waals surface area (Å²) in [6, 6.07) is 7.49. The Morgan fingerprint density at radius 2 is 1.72 bits per heavy atom. The van der Waals surface area contributed by atoms with Gasteiger partial charge in [0.1, 0.15) is 0 Å². The zero-order valence-electron chi connectivity index (χ0n) is 15.6. The van der Waals surface area contributed by atoms with Gasteiger partial charge in [-0.05, 0) is 31.9 Å². The van der Waals surface area contributed by atoms with E-state index in [1.54, 1.807) is 7.11 Å². The van der Waals surface area contributed by atoms with Crippen molar-refractivity contribution in [1.29, 1.82) is 0 Å². The maximum atomic E-state index is 11.3. The van der Waals surface area contributed by atoms with Crippen LogP contribution in [0.2, 0.25) is 0 Å². The molecular weight excluding hydrogens is 453 g/mol. The second-order valence-electron chi connectivity index (χ2n) is 6.40. The van der Waals surface area contributed by atoms with Crippen LogP contribution in [0.25, 0.3) is 0 Å². The molecule has 0 spiro atoms. The smallest absolute Gasteiger partial charge is 0.191 e. The molecule has 0 atom stereocenters. The van der Waals surface area contributed by atoms with Crippen LogP contribution < -0.4 is 10.6 Å². The minimum absolute atomic E-state index is 0. The SMILES string of the molecule is CCNC(=NCc1ccc(CS(C)(=O)=O)cc1)NCC(C)(C)OC.I. The summed E-state index contributed by atoms with van der Waals surface area (Å²) in [4.78, 5) is 4.55. The molecule has 144 valence electrons. The monoisotopic (exact) mass is 483 g/mol. The van der Waals surface area contributed by atoms with Crippen molar-refractivity contribution in [2.75, 3.05) is 26.5 Å². The van der Waals surface area contributed by atoms with Crippen molar-refractivity contribution >= 4 is 39.8 Å². The van der Waals surface area contributed by atoms with Crippen LogP contribution in [0.15, 0.2) is 29.3 Å². The van der Waals surface area contributed by atoms with Crippen molar-refractivity contribution in [2.45, 2.75) is 38.7 Å². The van der Waals surface area contributed by atoms with Gasteiger partial charge in [0.15, 0.2) is 15.8 Å². The van der Waals surface area contributed by atoms with Crippen LogP contribution in [0.5, 0.6) is 0 Å². The van der Waals surface area contributed by atoms with E-state index in [2.05, 4.69) is 15.6 Å². The van der Waals surface area contributed by atoms with Gasteiger partial charge in [-0.25, -0.2) is 13.4 Å². The van der Waals surface area contributed by atoms with Crippen molar-refractivity contribution in [3.8, 4) is 0 Å². The number of guanidine groups is 1. The summed E-state index contributed by atoms with van der Waals surface area (Å²) in [5.41, 5.74) is 1.54. The number of halogens is 1. The number of methoxy groups -OCH3 is 1. The summed E-state index contributed by atoms with van der Waals surface area (Å²) in [7, 11) is -1.32. The summed E-state index contributed by atoms with van der Waals surface area (Å²) in [6.07, 6.45) is 1.24. The van der Waals surface area contributed by atoms with Gasteiger partial charge < -0.3 is 15.4 Å². The molecule has 0 heterocycles. The first kappa shape index (κ1) is 24.1. The Morgan fingerprint density at radius 1 is 1.16 bits per heavy atom. The highest BCUT2D eigenvalue weighted by molar-refractivity contribution is 14.0. The number of sulfone groups is 1. The van der Waals surface area contributed by atoms with Gasteiger partial charge in [0.25, 0.3) is 0 Å². The van der Waals surface area contributed by atoms with Crippen molar-refractivity contribution in [2.24, 2.45) is 4.99 Å². The van der Waals surface area contributed by atoms with E-state index in [1.165, 1.54) is 6.26 Å². The van der Waals surface area contributed by atoms with Gasteiger partial charge >= 0.3 is 0 Å². The van der Waals surface area contributed by atoms with Gasteiger partial charge in [-0.3, -0.25) is 0 Å². The van der Waals surface area contributed by atoms with E-state index < -0.39 is 9.84 Å². The standard InChI is InChI=1S/C17H29N3O3S.HI/c1-6-18-16(20-13-17(2,3)23-4)19-11-14-7-9-15(10-8-14)12-24(5,21)22;/h7-10H,6,11-13H2,1-5H3,(H2,18,19,20);1H. The Kier molecular flexibility index (Phi) is 10.6. The van der Waals surface area contributed by atoms with E-state index in [0.29, 0.717) is 13.1 Å². The van der Waals surface area contributed by atoms with E-state index in [9.17, 15) is 8.42 Å². The highest BCUT2D eigenvalue weighted by Gasteiger charge is 2.16. The number of rotatable bonds is 8. The third kappa shape index (κ3) is 10.7. The Morgan fingerprint density at radius 3 is 2.20 bits per heavy atom. The van der Waals surface area contributed by atoms with Crippen LogP contribution in [0.3, 0.4) is 0 Å². The quantitative estimate of drug-likeness (QED) is 0.337. The molecule has 6 nitrogen and oxygen atoms in total. The summed E-state index contributed by atoms with van der Waals surface area (Å²) < 4.78 is 28.0. The molecule has 0 saturated carbocycles. The first-order valence-electron chi connectivity index (χ1n) is 7.98. The molecule has 0 radical (unpaired) electrons. The topological polar surface area (TPSA) is 79.8 Å². The van der Waals surface area contributed by atoms with Gasteiger partial charge in [-0.1, -0.05) is 24.3 Å². The number of nitrogens with one attached hydrogen (secondary N) is 2. The molecule has 0 fully saturated rings. The summed E-state index contributed by atoms with van der Waals surface area (Å²) in [5, 5.41) is 6.46. The highest BCUT2D eigenvalue weighted by atomic mass is 127. The van der Waals surface area contributed by atoms with Gasteiger partial charge in [0.05, 0.1) is 17.9 Å². The second kappa shape index (κ2) is 11.0. The first-order valence-corrected chi connectivity index (χ1v) is 10.0. The number of nitrogens with zero attached hydrogens (tertiary/aromatic N) is 1. The maximum absolute atomic E-state index is 11.3. The summed E-state index contributed by atoms with van der Waals surface area (Å²) in [5.74, 6) is 0.787. The Balaban J connectivity index is 0.00000576. The molecule has 1 aromatic carbocycles. The fraction of sp³-hybridized carbons (Fsp3) is 0.588. The summed E-state index contributed by atoms with van der Waals surface area (Å²) in [6.45, 7) is 7.95. The molecule has 0 aliphatic carbocycles. The van der Waals surface area contributed by atoms with Crippen molar-refractivity contribution in [3.63, 3.8) is 0 Å². The van der Waals surface area contributed by atoms with E-state index in [0.717, 1.165) is 23.6 Å². The molecular formula is C17H30IN3O3S. The normalized spacial score (nSPS) is 12.4. The number of benzene rings is 1. The molecule has 0 bridgehead atoms. The Labute approximate surface area is 168 Å². The number of aliphatic imine (C=N–C) groups is 1. The van der Waals surface area contributed by atoms with E-state index >= 15 is 0 Å². The molecule has 1 aromatic rings. The predicted octanol–water partition coefficient (Wildman–Crippen LogP) is 2.33. The zero-order chi connectivity index (χ0) is 18.2. The lowest BCUT2D eigenvalue weighted by atomic mass is 10.1. The van der Waals surface area contributed by atoms with E-state index in [-0.39, 0.29) is 35.3 Å². The van der Waals surface area contributed by atoms with Gasteiger partial charge in [-0.2, -0.15) is 0 Å². The summed E-state index contributed by atoms with van der Waals surface area (Å²) >= 11 is 0. The van der Waals surface area contributed by atoms with Crippen LogP contribution in [0.1, 0.15) is 31.9 Å². The second-order valence-corrected chi connectivity index (χ2v) is 8.54. The maximum Gasteiger partial charge on any atom is 0.191 e. The van der Waals surface area contributed by atoms with Crippen LogP contribution in [-0.2, 0) is 26.9 Å². The average molecular weight is 483 g/mol. The Bertz CT molecular complexity index is 644. The van der Waals surface area contributed by atoms with Crippen LogP contribution in [0, 0.1) is 0 Å². The fourth-order valence-corrected chi connectivity index (χ4v) is 2.72. The van der Waals surface area contributed by atoms with Gasteiger partial charge in [0.2, 0.25) is 0 Å². The van der Waals surface area contributed by atoms with Crippen molar-refractivity contribution < 1.29 is 13.2 Å². The molecule has 0 unspecified atom stereocenters. The molecule has 25 heavy (non-hydrogen) atoms. The third-order valence-electron chi connectivity index (χ3n) is 3.45. The number of ether oxygens (including phenoxy) is 1. The van der Waals surface area contributed by atoms with Crippen molar-refractivity contribution in [1.82, 2.24) is 10.6 Å². The number of hydrogen-bond acceptors (Lipinski definition) is 4. The fourth-order valence-electron chi connectivity index (χ4n) is 1.92. The highest BCUT2D eigenvalue weighted by Crippen LogP contribution is 2.09. The largest absolute Gasteiger partial charge is 0.377 e. The molecule has 0 aliphatic rings. The molecule has 2 N–H and O–H groups in total. The Hall–Kier alpha value is -0.870. The molecule has 0 aliphatic heterocycles. The minimum atomic E-state index is -3.01. The lowest BCUT2D eigenvalue weighted by Gasteiger charge is -2.24. The van der Waals surface area contributed by atoms with Crippen LogP contribution in [0.4, 0.5) is 0 Å². The van der Waals surface area contributed by atoms with Gasteiger partial charge in [0, 0.05) is 26.5 Å². The van der Waals surface area contributed by atoms with Gasteiger partial charge in [-0.15, -0.1) is 24.0 Å². The third-order valence-corrected chi connectivity index (χ3v) is 4.31. The molecule has 8 heteroatoms. The van der Waals surface area contributed by atoms with Crippen LogP contribution >= 0.6 is 24.0 Å². The number of hydrogen-bond donors (Lipinski definition) is 2. The lowest BCUT2D eigenvalue weighted by Crippen LogP contribution is -2.45. The van der Waals surface area contributed by atoms with E-state index in [4.69, 9.17) is 4.74 Å². The van der Waals surface area contributed by atoms with Crippen LogP contribution in [-0.4, -0.2) is 46.4 Å². The zero-order valence-corrected chi connectivity index (χ0v) is 18.8. The first-order chi connectivity index (χ1) is 11.1. The molecule has 0 saturated heterocycles. The predicted molar refractivity (Wildman–Crippen MR) is 114 cm³/mol. The molecule has 0 amide bonds. The lowest BCUT2D eigenvalue weighted by molar-refractivity contribution is 0.0268.